The lowest BCUT2D eigenvalue weighted by molar-refractivity contribution is -0.137. The second-order valence-electron chi connectivity index (χ2n) is 9.58. The first-order chi connectivity index (χ1) is 17.0. The fourth-order valence-corrected chi connectivity index (χ4v) is 4.44. The van der Waals surface area contributed by atoms with Gasteiger partial charge in [-0.05, 0) is 69.2 Å². The van der Waals surface area contributed by atoms with E-state index in [4.69, 9.17) is 5.73 Å². The van der Waals surface area contributed by atoms with Gasteiger partial charge in [0.25, 0.3) is 5.91 Å². The average molecular weight is 506 g/mol. The van der Waals surface area contributed by atoms with Crippen molar-refractivity contribution in [3.05, 3.63) is 70.8 Å². The number of benzene rings is 2. The van der Waals surface area contributed by atoms with E-state index in [1.54, 1.807) is 4.90 Å². The van der Waals surface area contributed by atoms with Gasteiger partial charge in [0.15, 0.2) is 0 Å². The Morgan fingerprint density at radius 3 is 2.28 bits per heavy atom. The summed E-state index contributed by atoms with van der Waals surface area (Å²) in [6.45, 7) is 3.19. The van der Waals surface area contributed by atoms with Gasteiger partial charge in [-0.1, -0.05) is 35.9 Å². The van der Waals surface area contributed by atoms with Crippen molar-refractivity contribution in [2.24, 2.45) is 5.73 Å². The van der Waals surface area contributed by atoms with E-state index in [9.17, 15) is 27.9 Å². The Bertz CT molecular complexity index is 1030. The molecule has 36 heavy (non-hydrogen) atoms. The van der Waals surface area contributed by atoms with E-state index in [0.717, 1.165) is 56.2 Å². The van der Waals surface area contributed by atoms with Crippen molar-refractivity contribution < 1.29 is 27.9 Å². The second-order valence-corrected chi connectivity index (χ2v) is 9.58. The first kappa shape index (κ1) is 27.7. The topological polar surface area (TPSA) is 95.7 Å². The number of carbonyl (C=O) groups is 2. The first-order valence-corrected chi connectivity index (χ1v) is 12.3. The molecule has 0 atom stereocenters. The molecule has 196 valence electrons. The summed E-state index contributed by atoms with van der Waals surface area (Å²) in [5, 5.41) is 12.9. The van der Waals surface area contributed by atoms with Crippen LogP contribution in [0.25, 0.3) is 0 Å². The van der Waals surface area contributed by atoms with Crippen LogP contribution in [0.5, 0.6) is 0 Å². The van der Waals surface area contributed by atoms with Crippen LogP contribution in [0.2, 0.25) is 0 Å². The fourth-order valence-electron chi connectivity index (χ4n) is 4.44. The van der Waals surface area contributed by atoms with E-state index in [-0.39, 0.29) is 24.1 Å². The number of hydrogen-bond acceptors (Lipinski definition) is 4. The highest BCUT2D eigenvalue weighted by atomic mass is 19.4. The van der Waals surface area contributed by atoms with Crippen molar-refractivity contribution in [1.82, 2.24) is 10.2 Å². The van der Waals surface area contributed by atoms with Crippen LogP contribution in [0, 0.1) is 6.92 Å². The summed E-state index contributed by atoms with van der Waals surface area (Å²) in [6.07, 6.45) is 0.797. The number of nitrogens with two attached hydrogens (primary N) is 1. The fraction of sp³-hybridized carbons (Fsp3) is 0.481. The molecule has 0 radical (unpaired) electrons. The van der Waals surface area contributed by atoms with E-state index < -0.39 is 23.2 Å². The van der Waals surface area contributed by atoms with Crippen LogP contribution in [0.1, 0.15) is 65.6 Å². The Morgan fingerprint density at radius 2 is 1.69 bits per heavy atom. The third-order valence-corrected chi connectivity index (χ3v) is 6.76. The third-order valence-electron chi connectivity index (χ3n) is 6.76. The van der Waals surface area contributed by atoms with Gasteiger partial charge in [0.05, 0.1) is 17.7 Å². The summed E-state index contributed by atoms with van der Waals surface area (Å²) in [6, 6.07) is 12.6. The number of halogens is 3. The van der Waals surface area contributed by atoms with Gasteiger partial charge in [-0.2, -0.15) is 13.2 Å². The van der Waals surface area contributed by atoms with Crippen LogP contribution in [-0.2, 0) is 16.6 Å². The number of rotatable bonds is 4. The normalized spacial score (nSPS) is 21.9. The largest absolute Gasteiger partial charge is 0.416 e. The lowest BCUT2D eigenvalue weighted by Crippen LogP contribution is -2.38. The van der Waals surface area contributed by atoms with Gasteiger partial charge in [-0.3, -0.25) is 9.59 Å². The Hall–Kier alpha value is -2.91. The molecule has 0 bridgehead atoms. The van der Waals surface area contributed by atoms with Gasteiger partial charge in [0, 0.05) is 24.7 Å². The summed E-state index contributed by atoms with van der Waals surface area (Å²) in [5.41, 5.74) is 6.48. The minimum atomic E-state index is -4.50. The third kappa shape index (κ3) is 7.54. The molecule has 1 saturated heterocycles. The molecular formula is C27H34F3N3O3. The maximum Gasteiger partial charge on any atom is 0.416 e. The highest BCUT2D eigenvalue weighted by Crippen LogP contribution is 2.36. The van der Waals surface area contributed by atoms with Gasteiger partial charge >= 0.3 is 6.18 Å². The lowest BCUT2D eigenvalue weighted by atomic mass is 9.78. The van der Waals surface area contributed by atoms with Crippen LogP contribution < -0.4 is 11.1 Å². The van der Waals surface area contributed by atoms with Gasteiger partial charge in [0.1, 0.15) is 0 Å². The molecule has 2 amide bonds. The van der Waals surface area contributed by atoms with Crippen molar-refractivity contribution in [1.29, 1.82) is 0 Å². The molecule has 0 unspecified atom stereocenters. The van der Waals surface area contributed by atoms with E-state index in [0.29, 0.717) is 13.1 Å². The highest BCUT2D eigenvalue weighted by Gasteiger charge is 2.33. The van der Waals surface area contributed by atoms with Crippen molar-refractivity contribution >= 4 is 11.8 Å². The van der Waals surface area contributed by atoms with Gasteiger partial charge < -0.3 is 21.1 Å². The molecular weight excluding hydrogens is 471 g/mol. The SMILES string of the molecule is Cc1ccc(C2(O)CCC(N)CC2)cc1.O=C(NCC(=O)N1CCCC1)c1cccc(C(F)(F)F)c1. The van der Waals surface area contributed by atoms with E-state index in [1.165, 1.54) is 17.7 Å². The van der Waals surface area contributed by atoms with Crippen LogP contribution in [0.4, 0.5) is 13.2 Å². The second kappa shape index (κ2) is 11.9. The number of likely N-dealkylation sites (tertiary alicyclic amines) is 1. The van der Waals surface area contributed by atoms with Crippen LogP contribution in [0.15, 0.2) is 48.5 Å². The lowest BCUT2D eigenvalue weighted by Gasteiger charge is -2.35. The van der Waals surface area contributed by atoms with Crippen LogP contribution >= 0.6 is 0 Å². The van der Waals surface area contributed by atoms with Crippen molar-refractivity contribution in [2.45, 2.75) is 63.3 Å². The Kier molecular flexibility index (Phi) is 9.13. The van der Waals surface area contributed by atoms with Crippen molar-refractivity contribution in [2.75, 3.05) is 19.6 Å². The molecule has 0 aromatic heterocycles. The zero-order valence-corrected chi connectivity index (χ0v) is 20.5. The van der Waals surface area contributed by atoms with E-state index >= 15 is 0 Å². The number of alkyl halides is 3. The molecule has 9 heteroatoms. The van der Waals surface area contributed by atoms with Gasteiger partial charge in [0.2, 0.25) is 5.91 Å². The summed E-state index contributed by atoms with van der Waals surface area (Å²) < 4.78 is 37.7. The Labute approximate surface area is 209 Å². The maximum absolute atomic E-state index is 12.6. The first-order valence-electron chi connectivity index (χ1n) is 12.3. The highest BCUT2D eigenvalue weighted by molar-refractivity contribution is 5.96. The zero-order valence-electron chi connectivity index (χ0n) is 20.5. The predicted octanol–water partition coefficient (Wildman–Crippen LogP) is 4.14. The average Bonchev–Trinajstić information content (AvgIpc) is 3.40. The van der Waals surface area contributed by atoms with Crippen molar-refractivity contribution in [3.63, 3.8) is 0 Å². The molecule has 1 heterocycles. The number of nitrogens with zero attached hydrogens (tertiary/aromatic N) is 1. The predicted molar refractivity (Wildman–Crippen MR) is 131 cm³/mol. The molecule has 0 spiro atoms. The number of aliphatic hydroxyl groups is 1. The number of carbonyl (C=O) groups excluding carboxylic acids is 2. The summed E-state index contributed by atoms with van der Waals surface area (Å²) >= 11 is 0. The molecule has 1 aliphatic carbocycles. The molecule has 2 aliphatic rings. The number of amides is 2. The standard InChI is InChI=1S/C14H15F3N2O2.C13H19NO/c15-14(16,17)11-5-3-4-10(8-11)13(21)18-9-12(20)19-6-1-2-7-19;1-10-2-4-11(5-3-10)13(15)8-6-12(14)7-9-13/h3-5,8H,1-2,6-7,9H2,(H,18,21);2-5,12,15H,6-9,14H2,1H3. The number of aryl methyl sites for hydroxylation is 1. The Balaban J connectivity index is 0.000000212. The summed E-state index contributed by atoms with van der Waals surface area (Å²) in [5.74, 6) is -0.901. The molecule has 4 rings (SSSR count). The smallest absolute Gasteiger partial charge is 0.385 e. The van der Waals surface area contributed by atoms with E-state index in [1.807, 2.05) is 12.1 Å². The van der Waals surface area contributed by atoms with Crippen LogP contribution in [0.3, 0.4) is 0 Å². The minimum Gasteiger partial charge on any atom is -0.385 e. The molecule has 1 saturated carbocycles. The van der Waals surface area contributed by atoms with Gasteiger partial charge in [-0.15, -0.1) is 0 Å². The molecule has 2 fully saturated rings. The molecule has 6 nitrogen and oxygen atoms in total. The minimum absolute atomic E-state index is 0.112. The summed E-state index contributed by atoms with van der Waals surface area (Å²) in [4.78, 5) is 25.2. The van der Waals surface area contributed by atoms with Crippen molar-refractivity contribution in [3.8, 4) is 0 Å². The number of nitrogens with one attached hydrogen (secondary N) is 1. The maximum atomic E-state index is 12.6. The van der Waals surface area contributed by atoms with Crippen LogP contribution in [-0.4, -0.2) is 47.5 Å². The molecule has 4 N–H and O–H groups in total. The van der Waals surface area contributed by atoms with E-state index in [2.05, 4.69) is 24.4 Å². The number of hydrogen-bond donors (Lipinski definition) is 3. The quantitative estimate of drug-likeness (QED) is 0.582. The summed E-state index contributed by atoms with van der Waals surface area (Å²) in [7, 11) is 0. The molecule has 1 aliphatic heterocycles. The zero-order chi connectivity index (χ0) is 26.3. The monoisotopic (exact) mass is 505 g/mol. The Morgan fingerprint density at radius 1 is 1.08 bits per heavy atom. The molecule has 2 aromatic rings. The van der Waals surface area contributed by atoms with Gasteiger partial charge in [-0.25, -0.2) is 0 Å². The molecule has 2 aromatic carbocycles.